The van der Waals surface area contributed by atoms with E-state index in [4.69, 9.17) is 4.42 Å². The molecule has 0 aliphatic heterocycles. The standard InChI is InChI=1S/C51H37NOS/c1-51(2)43-17-9-6-14-37(43)38-26-25-36(31-44(38)51)52(35-23-20-32(21-24-35)34-22-29-48-42(30-34)40-16-8-11-19-47(40)54-48)45-28-27-41-39-15-7-10-18-46(39)53-50(41)49(45)33-12-4-3-5-13-33/h3-10,12-18,20-31H,11,19H2,1-2H3. The van der Waals surface area contributed by atoms with Crippen LogP contribution in [0.1, 0.15) is 41.8 Å². The van der Waals surface area contributed by atoms with Crippen molar-refractivity contribution < 1.29 is 4.42 Å². The number of rotatable bonds is 5. The summed E-state index contributed by atoms with van der Waals surface area (Å²) < 4.78 is 8.13. The van der Waals surface area contributed by atoms with Crippen LogP contribution in [-0.4, -0.2) is 0 Å². The summed E-state index contributed by atoms with van der Waals surface area (Å²) in [4.78, 5) is 3.94. The minimum absolute atomic E-state index is 0.128. The Kier molecular flexibility index (Phi) is 6.93. The Labute approximate surface area is 319 Å². The minimum Gasteiger partial charge on any atom is -0.455 e. The van der Waals surface area contributed by atoms with Crippen LogP contribution in [0.3, 0.4) is 0 Å². The lowest BCUT2D eigenvalue weighted by atomic mass is 9.82. The van der Waals surface area contributed by atoms with Crippen LogP contribution in [0.2, 0.25) is 0 Å². The van der Waals surface area contributed by atoms with Crippen molar-refractivity contribution in [2.24, 2.45) is 0 Å². The molecular formula is C51H37NOS. The van der Waals surface area contributed by atoms with Gasteiger partial charge in [-0.1, -0.05) is 123 Å². The van der Waals surface area contributed by atoms with Gasteiger partial charge in [-0.15, -0.1) is 11.3 Å². The molecule has 0 saturated heterocycles. The number of para-hydroxylation sites is 1. The van der Waals surface area contributed by atoms with Gasteiger partial charge < -0.3 is 9.32 Å². The molecule has 0 bridgehead atoms. The van der Waals surface area contributed by atoms with Gasteiger partial charge in [0.1, 0.15) is 11.2 Å². The molecule has 0 radical (unpaired) electrons. The van der Waals surface area contributed by atoms with Crippen molar-refractivity contribution in [2.45, 2.75) is 32.1 Å². The minimum atomic E-state index is -0.128. The Morgan fingerprint density at radius 2 is 1.35 bits per heavy atom. The second-order valence-electron chi connectivity index (χ2n) is 15.2. The van der Waals surface area contributed by atoms with Crippen molar-refractivity contribution in [1.29, 1.82) is 0 Å². The summed E-state index contributed by atoms with van der Waals surface area (Å²) in [5.41, 5.74) is 16.4. The van der Waals surface area contributed by atoms with Crippen molar-refractivity contribution in [2.75, 3.05) is 4.90 Å². The van der Waals surface area contributed by atoms with E-state index in [0.717, 1.165) is 63.0 Å². The molecule has 0 N–H and O–H groups in total. The van der Waals surface area contributed by atoms with Gasteiger partial charge in [-0.05, 0) is 112 Å². The zero-order valence-corrected chi connectivity index (χ0v) is 31.1. The zero-order valence-electron chi connectivity index (χ0n) is 30.3. The topological polar surface area (TPSA) is 16.4 Å². The first-order valence-corrected chi connectivity index (χ1v) is 19.7. The summed E-state index contributed by atoms with van der Waals surface area (Å²) >= 11 is 1.95. The fourth-order valence-corrected chi connectivity index (χ4v) is 10.2. The third kappa shape index (κ3) is 4.71. The highest BCUT2D eigenvalue weighted by atomic mass is 32.1. The fraction of sp³-hybridized carbons (Fsp3) is 0.0980. The Balaban J connectivity index is 1.12. The number of benzene rings is 7. The average molecular weight is 712 g/mol. The second-order valence-corrected chi connectivity index (χ2v) is 16.3. The monoisotopic (exact) mass is 711 g/mol. The van der Waals surface area contributed by atoms with Gasteiger partial charge in [-0.3, -0.25) is 0 Å². The molecule has 0 amide bonds. The summed E-state index contributed by atoms with van der Waals surface area (Å²) in [6.07, 6.45) is 6.91. The van der Waals surface area contributed by atoms with Crippen LogP contribution in [0.4, 0.5) is 17.1 Å². The van der Waals surface area contributed by atoms with E-state index in [1.807, 2.05) is 17.4 Å². The maximum atomic E-state index is 6.76. The molecule has 0 spiro atoms. The van der Waals surface area contributed by atoms with Gasteiger partial charge in [0.15, 0.2) is 0 Å². The molecule has 9 aromatic rings. The van der Waals surface area contributed by atoms with Gasteiger partial charge in [0.05, 0.1) is 5.69 Å². The van der Waals surface area contributed by atoms with Crippen molar-refractivity contribution in [3.63, 3.8) is 0 Å². The lowest BCUT2D eigenvalue weighted by Gasteiger charge is -2.30. The number of furan rings is 1. The van der Waals surface area contributed by atoms with E-state index in [2.05, 4.69) is 176 Å². The molecule has 0 fully saturated rings. The van der Waals surface area contributed by atoms with E-state index < -0.39 is 0 Å². The zero-order chi connectivity index (χ0) is 36.0. The van der Waals surface area contributed by atoms with E-state index in [9.17, 15) is 0 Å². The van der Waals surface area contributed by atoms with Crippen LogP contribution in [0.5, 0.6) is 0 Å². The van der Waals surface area contributed by atoms with Crippen LogP contribution in [0, 0.1) is 0 Å². The highest BCUT2D eigenvalue weighted by molar-refractivity contribution is 7.19. The molecule has 258 valence electrons. The van der Waals surface area contributed by atoms with Crippen LogP contribution in [-0.2, 0) is 11.8 Å². The SMILES string of the molecule is CC1(C)c2ccccc2-c2ccc(N(c3ccc(-c4ccc5sc6c(c5c4)C=CCC6)cc3)c3ccc4c(oc5ccccc54)c3-c3ccccc3)cc21. The molecule has 2 heterocycles. The Bertz CT molecular complexity index is 2960. The van der Waals surface area contributed by atoms with Crippen LogP contribution < -0.4 is 4.90 Å². The van der Waals surface area contributed by atoms with E-state index in [-0.39, 0.29) is 5.41 Å². The first kappa shape index (κ1) is 31.4. The van der Waals surface area contributed by atoms with E-state index in [1.54, 1.807) is 0 Å². The summed E-state index contributed by atoms with van der Waals surface area (Å²) in [6, 6.07) is 55.6. The predicted octanol–water partition coefficient (Wildman–Crippen LogP) is 14.9. The summed E-state index contributed by atoms with van der Waals surface area (Å²) in [6.45, 7) is 4.71. The Hall–Kier alpha value is -6.16. The second kappa shape index (κ2) is 11.9. The number of hydrogen-bond donors (Lipinski definition) is 0. The number of aryl methyl sites for hydroxylation is 1. The lowest BCUT2D eigenvalue weighted by Crippen LogP contribution is -2.17. The molecular weight excluding hydrogens is 675 g/mol. The maximum absolute atomic E-state index is 6.76. The first-order valence-electron chi connectivity index (χ1n) is 18.9. The highest BCUT2D eigenvalue weighted by Crippen LogP contribution is 2.52. The number of hydrogen-bond acceptors (Lipinski definition) is 3. The summed E-state index contributed by atoms with van der Waals surface area (Å²) in [7, 11) is 0. The molecule has 2 aromatic heterocycles. The van der Waals surface area contributed by atoms with E-state index in [0.29, 0.717) is 0 Å². The van der Waals surface area contributed by atoms with Gasteiger partial charge in [-0.2, -0.15) is 0 Å². The van der Waals surface area contributed by atoms with Gasteiger partial charge in [0, 0.05) is 48.1 Å². The van der Waals surface area contributed by atoms with Crippen LogP contribution >= 0.6 is 11.3 Å². The number of allylic oxidation sites excluding steroid dienone is 1. The van der Waals surface area contributed by atoms with Crippen molar-refractivity contribution in [3.05, 3.63) is 179 Å². The normalized spacial score (nSPS) is 14.0. The Morgan fingerprint density at radius 3 is 2.24 bits per heavy atom. The van der Waals surface area contributed by atoms with Gasteiger partial charge in [-0.25, -0.2) is 0 Å². The largest absolute Gasteiger partial charge is 0.455 e. The van der Waals surface area contributed by atoms with Crippen LogP contribution in [0.25, 0.3) is 71.5 Å². The fourth-order valence-electron chi connectivity index (χ4n) is 9.04. The number of thiophene rings is 1. The van der Waals surface area contributed by atoms with Crippen LogP contribution in [0.15, 0.2) is 162 Å². The van der Waals surface area contributed by atoms with E-state index >= 15 is 0 Å². The molecule has 0 unspecified atom stereocenters. The van der Waals surface area contributed by atoms with Gasteiger partial charge in [0.2, 0.25) is 0 Å². The third-order valence-electron chi connectivity index (χ3n) is 11.7. The number of fused-ring (bicyclic) bond motifs is 9. The molecule has 2 aliphatic rings. The summed E-state index contributed by atoms with van der Waals surface area (Å²) in [5.74, 6) is 0. The molecule has 0 atom stereocenters. The summed E-state index contributed by atoms with van der Waals surface area (Å²) in [5, 5.41) is 3.61. The molecule has 3 heteroatoms. The van der Waals surface area contributed by atoms with Gasteiger partial charge >= 0.3 is 0 Å². The maximum Gasteiger partial charge on any atom is 0.145 e. The number of anilines is 3. The smallest absolute Gasteiger partial charge is 0.145 e. The first-order chi connectivity index (χ1) is 26.5. The predicted molar refractivity (Wildman–Crippen MR) is 230 cm³/mol. The average Bonchev–Trinajstić information content (AvgIpc) is 3.86. The van der Waals surface area contributed by atoms with Crippen molar-refractivity contribution in [3.8, 4) is 33.4 Å². The van der Waals surface area contributed by atoms with Crippen molar-refractivity contribution in [1.82, 2.24) is 0 Å². The number of nitrogens with zero attached hydrogens (tertiary/aromatic N) is 1. The molecule has 2 nitrogen and oxygen atoms in total. The van der Waals surface area contributed by atoms with Crippen molar-refractivity contribution >= 4 is 66.5 Å². The molecule has 7 aromatic carbocycles. The Morgan fingerprint density at radius 1 is 0.593 bits per heavy atom. The lowest BCUT2D eigenvalue weighted by molar-refractivity contribution is 0.660. The molecule has 54 heavy (non-hydrogen) atoms. The quantitative estimate of drug-likeness (QED) is 0.177. The van der Waals surface area contributed by atoms with Gasteiger partial charge in [0.25, 0.3) is 0 Å². The molecule has 0 saturated carbocycles. The molecule has 2 aliphatic carbocycles. The highest BCUT2D eigenvalue weighted by Gasteiger charge is 2.36. The third-order valence-corrected chi connectivity index (χ3v) is 13.0. The molecule has 11 rings (SSSR count). The van der Waals surface area contributed by atoms with E-state index in [1.165, 1.54) is 53.9 Å².